The molecule has 1 aliphatic rings. The highest BCUT2D eigenvalue weighted by atomic mass is 19.1. The first-order valence-electron chi connectivity index (χ1n) is 15.4. The third kappa shape index (κ3) is 6.96. The lowest BCUT2D eigenvalue weighted by atomic mass is 9.93. The van der Waals surface area contributed by atoms with E-state index in [1.165, 1.54) is 4.90 Å². The fourth-order valence-electron chi connectivity index (χ4n) is 5.72. The summed E-state index contributed by atoms with van der Waals surface area (Å²) in [6.07, 6.45) is 3.95. The van der Waals surface area contributed by atoms with Crippen LogP contribution < -0.4 is 15.9 Å². The second-order valence-corrected chi connectivity index (χ2v) is 11.2. The molecule has 12 heteroatoms. The van der Waals surface area contributed by atoms with Gasteiger partial charge in [-0.05, 0) is 64.7 Å². The van der Waals surface area contributed by atoms with E-state index in [2.05, 4.69) is 15.7 Å². The number of nitrogens with one attached hydrogen (secondary N) is 1. The van der Waals surface area contributed by atoms with Crippen molar-refractivity contribution in [2.24, 2.45) is 0 Å². The van der Waals surface area contributed by atoms with Crippen molar-refractivity contribution >= 4 is 23.4 Å². The molecule has 47 heavy (non-hydrogen) atoms. The van der Waals surface area contributed by atoms with E-state index in [1.54, 1.807) is 18.2 Å². The van der Waals surface area contributed by atoms with Crippen LogP contribution in [0.15, 0.2) is 102 Å². The minimum atomic E-state index is -1.14. The number of para-hydroxylation sites is 1. The molecule has 0 aliphatic heterocycles. The van der Waals surface area contributed by atoms with Crippen molar-refractivity contribution in [2.45, 2.75) is 51.3 Å². The lowest BCUT2D eigenvalue weighted by Gasteiger charge is -2.34. The molecule has 1 N–H and O–H groups in total. The third-order valence-electron chi connectivity index (χ3n) is 8.10. The Morgan fingerprint density at radius 1 is 0.830 bits per heavy atom. The molecule has 10 nitrogen and oxygen atoms in total. The Morgan fingerprint density at radius 3 is 2.17 bits per heavy atom. The highest BCUT2D eigenvalue weighted by molar-refractivity contribution is 6.00. The van der Waals surface area contributed by atoms with E-state index < -0.39 is 35.0 Å². The molecule has 1 heterocycles. The van der Waals surface area contributed by atoms with Gasteiger partial charge in [0.2, 0.25) is 0 Å². The lowest BCUT2D eigenvalue weighted by molar-refractivity contribution is 0.0473. The van der Waals surface area contributed by atoms with Gasteiger partial charge in [0.1, 0.15) is 12.3 Å². The summed E-state index contributed by atoms with van der Waals surface area (Å²) >= 11 is 0. The molecule has 1 saturated carbocycles. The zero-order valence-corrected chi connectivity index (χ0v) is 25.4. The van der Waals surface area contributed by atoms with Crippen LogP contribution in [0.5, 0.6) is 0 Å². The van der Waals surface area contributed by atoms with E-state index in [0.29, 0.717) is 40.1 Å². The Balaban J connectivity index is 1.37. The Hall–Kier alpha value is -5.65. The van der Waals surface area contributed by atoms with Gasteiger partial charge in [0, 0.05) is 24.0 Å². The largest absolute Gasteiger partial charge is 0.457 e. The van der Waals surface area contributed by atoms with Crippen LogP contribution in [0.3, 0.4) is 0 Å². The van der Waals surface area contributed by atoms with Gasteiger partial charge in [-0.1, -0.05) is 86.0 Å². The van der Waals surface area contributed by atoms with Crippen LogP contribution in [0, 0.1) is 11.6 Å². The second-order valence-electron chi connectivity index (χ2n) is 11.2. The minimum absolute atomic E-state index is 0.0401. The smallest absolute Gasteiger partial charge is 0.377 e. The fourth-order valence-corrected chi connectivity index (χ4v) is 5.72. The highest BCUT2D eigenvalue weighted by Crippen LogP contribution is 2.31. The van der Waals surface area contributed by atoms with Gasteiger partial charge in [0.25, 0.3) is 0 Å². The molecule has 0 atom stereocenters. The maximum Gasteiger partial charge on any atom is 0.377 e. The molecule has 0 spiro atoms. The summed E-state index contributed by atoms with van der Waals surface area (Å²) in [4.78, 5) is 42.5. The zero-order chi connectivity index (χ0) is 32.8. The van der Waals surface area contributed by atoms with Gasteiger partial charge in [0.15, 0.2) is 11.6 Å². The number of amides is 1. The summed E-state index contributed by atoms with van der Waals surface area (Å²) in [7, 11) is 0. The molecule has 0 saturated heterocycles. The number of benzene rings is 4. The second kappa shape index (κ2) is 14.2. The van der Waals surface area contributed by atoms with Crippen LogP contribution in [0.1, 0.15) is 53.6 Å². The summed E-state index contributed by atoms with van der Waals surface area (Å²) in [5.41, 5.74) is 0.938. The Morgan fingerprint density at radius 2 is 1.49 bits per heavy atom. The van der Waals surface area contributed by atoms with Gasteiger partial charge < -0.3 is 10.1 Å². The molecule has 6 rings (SSSR count). The molecule has 0 bridgehead atoms. The summed E-state index contributed by atoms with van der Waals surface area (Å²) in [6.45, 7) is 0.466. The van der Waals surface area contributed by atoms with E-state index in [9.17, 15) is 23.2 Å². The topological polar surface area (TPSA) is 111 Å². The Bertz CT molecular complexity index is 1900. The molecule has 0 unspecified atom stereocenters. The quantitative estimate of drug-likeness (QED) is 0.145. The van der Waals surface area contributed by atoms with Gasteiger partial charge in [0.05, 0.1) is 5.56 Å². The summed E-state index contributed by atoms with van der Waals surface area (Å²) in [6, 6.07) is 25.8. The maximum absolute atomic E-state index is 14.5. The van der Waals surface area contributed by atoms with E-state index >= 15 is 0 Å². The monoisotopic (exact) mass is 638 g/mol. The SMILES string of the molecule is O=C(OCc1ccccc1)c1cc(N(C(=O)n2nnn(-c3c(F)cccc3F)c2=O)C2CCCCC2)ccc1NCc1ccccc1. The van der Waals surface area contributed by atoms with Gasteiger partial charge in [-0.25, -0.2) is 23.2 Å². The summed E-state index contributed by atoms with van der Waals surface area (Å²) < 4.78 is 35.6. The number of carbonyl (C=O) groups excluding carboxylic acids is 2. The van der Waals surface area contributed by atoms with Gasteiger partial charge in [-0.15, -0.1) is 4.68 Å². The number of anilines is 2. The summed E-state index contributed by atoms with van der Waals surface area (Å²) in [5.74, 6) is -2.68. The molecule has 0 radical (unpaired) electrons. The highest BCUT2D eigenvalue weighted by Gasteiger charge is 2.32. The fraction of sp³-hybridized carbons (Fsp3) is 0.229. The molecule has 1 aliphatic carbocycles. The third-order valence-corrected chi connectivity index (χ3v) is 8.10. The van der Waals surface area contributed by atoms with Gasteiger partial charge in [-0.2, -0.15) is 4.68 Å². The first kappa shape index (κ1) is 31.3. The number of hydrogen-bond acceptors (Lipinski definition) is 7. The first-order valence-corrected chi connectivity index (χ1v) is 15.4. The number of tetrazole rings is 1. The van der Waals surface area contributed by atoms with Crippen LogP contribution in [0.4, 0.5) is 25.0 Å². The number of esters is 1. The van der Waals surface area contributed by atoms with E-state index in [4.69, 9.17) is 4.74 Å². The lowest BCUT2D eigenvalue weighted by Crippen LogP contribution is -2.47. The van der Waals surface area contributed by atoms with Crippen LogP contribution in [0.2, 0.25) is 0 Å². The molecule has 4 aromatic carbocycles. The molecular formula is C35H32F2N6O4. The van der Waals surface area contributed by atoms with E-state index in [1.807, 2.05) is 60.7 Å². The van der Waals surface area contributed by atoms with Crippen molar-refractivity contribution in [3.8, 4) is 5.69 Å². The van der Waals surface area contributed by atoms with Gasteiger partial charge >= 0.3 is 17.7 Å². The van der Waals surface area contributed by atoms with Crippen LogP contribution in [-0.2, 0) is 17.9 Å². The predicted molar refractivity (Wildman–Crippen MR) is 171 cm³/mol. The molecule has 240 valence electrons. The van der Waals surface area contributed by atoms with Crippen LogP contribution in [-0.4, -0.2) is 37.8 Å². The Labute approximate surface area is 269 Å². The molecular weight excluding hydrogens is 606 g/mol. The van der Waals surface area contributed by atoms with Crippen molar-refractivity contribution in [3.63, 3.8) is 0 Å². The number of nitrogens with zero attached hydrogens (tertiary/aromatic N) is 5. The van der Waals surface area contributed by atoms with Gasteiger partial charge in [-0.3, -0.25) is 4.90 Å². The molecule has 1 fully saturated rings. The summed E-state index contributed by atoms with van der Waals surface area (Å²) in [5, 5.41) is 10.6. The number of hydrogen-bond donors (Lipinski definition) is 1. The normalized spacial score (nSPS) is 13.2. The van der Waals surface area contributed by atoms with Crippen molar-refractivity contribution in [1.29, 1.82) is 0 Å². The number of aromatic nitrogens is 4. The first-order chi connectivity index (χ1) is 22.9. The van der Waals surface area contributed by atoms with Crippen molar-refractivity contribution in [1.82, 2.24) is 19.8 Å². The minimum Gasteiger partial charge on any atom is -0.457 e. The van der Waals surface area contributed by atoms with Crippen molar-refractivity contribution in [3.05, 3.63) is 136 Å². The standard InChI is InChI=1S/C35H32F2N6O4/c36-29-17-10-18-30(37)32(29)42-35(46)43(40-39-42)34(45)41(26-15-8-3-9-16-26)27-19-20-31(38-22-24-11-4-1-5-12-24)28(21-27)33(44)47-23-25-13-6-2-7-14-25/h1-2,4-7,10-14,17-21,26,38H,3,8-9,15-16,22-23H2. The molecule has 1 aromatic heterocycles. The number of halogens is 2. The zero-order valence-electron chi connectivity index (χ0n) is 25.4. The van der Waals surface area contributed by atoms with E-state index in [-0.39, 0.29) is 18.2 Å². The number of carbonyl (C=O) groups is 2. The van der Waals surface area contributed by atoms with Crippen LogP contribution >= 0.6 is 0 Å². The number of rotatable bonds is 9. The molecule has 5 aromatic rings. The average Bonchev–Trinajstić information content (AvgIpc) is 3.48. The molecule has 1 amide bonds. The number of ether oxygens (including phenoxy) is 1. The average molecular weight is 639 g/mol. The predicted octanol–water partition coefficient (Wildman–Crippen LogP) is 6.48. The van der Waals surface area contributed by atoms with Crippen molar-refractivity contribution < 1.29 is 23.1 Å². The van der Waals surface area contributed by atoms with Crippen molar-refractivity contribution in [2.75, 3.05) is 10.2 Å². The Kier molecular flexibility index (Phi) is 9.46. The maximum atomic E-state index is 14.5. The van der Waals surface area contributed by atoms with E-state index in [0.717, 1.165) is 48.6 Å². The van der Waals surface area contributed by atoms with Crippen LogP contribution in [0.25, 0.3) is 5.69 Å².